The smallest absolute Gasteiger partial charge is 0.314 e. The van der Waals surface area contributed by atoms with E-state index < -0.39 is 0 Å². The van der Waals surface area contributed by atoms with E-state index in [4.69, 9.17) is 16.3 Å². The summed E-state index contributed by atoms with van der Waals surface area (Å²) in [6.45, 7) is 2.33. The molecule has 0 unspecified atom stereocenters. The number of benzene rings is 1. The number of esters is 1. The van der Waals surface area contributed by atoms with Gasteiger partial charge in [0, 0.05) is 5.02 Å². The zero-order valence-corrected chi connectivity index (χ0v) is 21.0. The van der Waals surface area contributed by atoms with Crippen LogP contribution in [0.4, 0.5) is 0 Å². The van der Waals surface area contributed by atoms with Gasteiger partial charge in [-0.1, -0.05) is 44.2 Å². The van der Waals surface area contributed by atoms with Gasteiger partial charge in [0.05, 0.1) is 11.5 Å². The van der Waals surface area contributed by atoms with Crippen molar-refractivity contribution in [3.63, 3.8) is 0 Å². The Labute approximate surface area is 205 Å². The highest BCUT2D eigenvalue weighted by molar-refractivity contribution is 6.30. The topological polar surface area (TPSA) is 50.1 Å². The zero-order chi connectivity index (χ0) is 23.2. The highest BCUT2D eigenvalue weighted by atomic mass is 35.5. The van der Waals surface area contributed by atoms with Crippen LogP contribution in [0.2, 0.25) is 5.02 Å². The minimum atomic E-state index is -0.186. The molecule has 33 heavy (non-hydrogen) atoms. The van der Waals surface area contributed by atoms with Crippen molar-refractivity contribution in [3.05, 3.63) is 28.8 Å². The van der Waals surface area contributed by atoms with E-state index in [1.165, 1.54) is 64.2 Å². The Balaban J connectivity index is 1.19. The molecule has 0 saturated heterocycles. The maximum Gasteiger partial charge on any atom is 0.314 e. The molecule has 0 heterocycles. The van der Waals surface area contributed by atoms with Crippen LogP contribution in [-0.2, 0) is 4.79 Å². The molecule has 0 atom stereocenters. The maximum atomic E-state index is 12.7. The molecule has 0 spiro atoms. The third kappa shape index (κ3) is 6.33. The van der Waals surface area contributed by atoms with Crippen molar-refractivity contribution in [2.45, 2.75) is 96.8 Å². The Hall–Kier alpha value is -1.53. The van der Waals surface area contributed by atoms with Gasteiger partial charge in [-0.15, -0.1) is 0 Å². The summed E-state index contributed by atoms with van der Waals surface area (Å²) in [5.74, 6) is 4.72. The molecule has 0 aliphatic heterocycles. The molecule has 3 nitrogen and oxygen atoms in total. The fourth-order valence-corrected chi connectivity index (χ4v) is 7.31. The van der Waals surface area contributed by atoms with E-state index in [9.17, 15) is 10.1 Å². The van der Waals surface area contributed by atoms with Gasteiger partial charge in [-0.25, -0.2) is 0 Å². The van der Waals surface area contributed by atoms with Gasteiger partial charge >= 0.3 is 5.97 Å². The van der Waals surface area contributed by atoms with Crippen LogP contribution in [0.1, 0.15) is 102 Å². The van der Waals surface area contributed by atoms with Gasteiger partial charge in [-0.2, -0.15) is 5.26 Å². The van der Waals surface area contributed by atoms with Crippen molar-refractivity contribution in [2.24, 2.45) is 35.5 Å². The molecule has 1 aromatic carbocycles. The Morgan fingerprint density at radius 3 is 1.94 bits per heavy atom. The summed E-state index contributed by atoms with van der Waals surface area (Å²) in [5.41, 5.74) is 0.320. The molecule has 3 aliphatic rings. The predicted octanol–water partition coefficient (Wildman–Crippen LogP) is 8.34. The lowest BCUT2D eigenvalue weighted by Crippen LogP contribution is -2.31. The quantitative estimate of drug-likeness (QED) is 0.310. The van der Waals surface area contributed by atoms with Gasteiger partial charge < -0.3 is 4.74 Å². The summed E-state index contributed by atoms with van der Waals surface area (Å²) < 4.78 is 5.60. The van der Waals surface area contributed by atoms with Crippen molar-refractivity contribution in [3.8, 4) is 11.8 Å². The Morgan fingerprint density at radius 1 is 0.909 bits per heavy atom. The molecule has 4 heteroatoms. The molecule has 3 saturated carbocycles. The number of halogens is 1. The fraction of sp³-hybridized carbons (Fsp3) is 0.724. The van der Waals surface area contributed by atoms with Gasteiger partial charge in [0.25, 0.3) is 0 Å². The van der Waals surface area contributed by atoms with E-state index in [0.717, 1.165) is 55.3 Å². The Morgan fingerprint density at radius 2 is 1.42 bits per heavy atom. The second-order valence-electron chi connectivity index (χ2n) is 11.0. The highest BCUT2D eigenvalue weighted by Crippen LogP contribution is 2.46. The molecule has 0 bridgehead atoms. The monoisotopic (exact) mass is 469 g/mol. The lowest BCUT2D eigenvalue weighted by Gasteiger charge is -2.41. The number of ether oxygens (including phenoxy) is 1. The van der Waals surface area contributed by atoms with Crippen LogP contribution in [0.5, 0.6) is 5.75 Å². The molecule has 3 fully saturated rings. The van der Waals surface area contributed by atoms with Gasteiger partial charge in [-0.05, 0) is 112 Å². The number of nitrogens with zero attached hydrogens (tertiary/aromatic N) is 1. The molecular weight excluding hydrogens is 430 g/mol. The van der Waals surface area contributed by atoms with E-state index >= 15 is 0 Å². The molecule has 4 rings (SSSR count). The van der Waals surface area contributed by atoms with E-state index in [1.54, 1.807) is 18.2 Å². The van der Waals surface area contributed by atoms with Gasteiger partial charge in [0.15, 0.2) is 0 Å². The average molecular weight is 470 g/mol. The average Bonchev–Trinajstić information content (AvgIpc) is 2.86. The van der Waals surface area contributed by atoms with Crippen molar-refractivity contribution in [1.82, 2.24) is 0 Å². The molecule has 1 aromatic rings. The van der Waals surface area contributed by atoms with Crippen molar-refractivity contribution < 1.29 is 9.53 Å². The first-order valence-corrected chi connectivity index (χ1v) is 13.9. The molecule has 0 radical (unpaired) electrons. The molecule has 180 valence electrons. The number of hydrogen-bond donors (Lipinski definition) is 0. The van der Waals surface area contributed by atoms with Crippen molar-refractivity contribution in [2.75, 3.05) is 0 Å². The number of hydrogen-bond acceptors (Lipinski definition) is 3. The second-order valence-corrected chi connectivity index (χ2v) is 11.5. The van der Waals surface area contributed by atoms with Crippen LogP contribution in [0.25, 0.3) is 0 Å². The summed E-state index contributed by atoms with van der Waals surface area (Å²) in [5, 5.41) is 9.76. The Bertz CT molecular complexity index is 823. The van der Waals surface area contributed by atoms with Crippen LogP contribution in [0, 0.1) is 46.8 Å². The normalized spacial score (nSPS) is 32.6. The molecule has 0 aromatic heterocycles. The highest BCUT2D eigenvalue weighted by Gasteiger charge is 2.36. The van der Waals surface area contributed by atoms with E-state index in [0.29, 0.717) is 16.3 Å². The summed E-state index contributed by atoms with van der Waals surface area (Å²) in [7, 11) is 0. The largest absolute Gasteiger partial charge is 0.425 e. The van der Waals surface area contributed by atoms with E-state index in [-0.39, 0.29) is 11.9 Å². The zero-order valence-electron chi connectivity index (χ0n) is 20.2. The first kappa shape index (κ1) is 24.6. The summed E-state index contributed by atoms with van der Waals surface area (Å²) in [6, 6.07) is 6.90. The van der Waals surface area contributed by atoms with Crippen LogP contribution in [0.3, 0.4) is 0 Å². The molecule has 0 amide bonds. The molecule has 0 N–H and O–H groups in total. The molecule has 3 aliphatic carbocycles. The number of rotatable bonds is 6. The maximum absolute atomic E-state index is 12.7. The van der Waals surface area contributed by atoms with Gasteiger partial charge in [0.1, 0.15) is 11.8 Å². The third-order valence-electron chi connectivity index (χ3n) is 9.12. The molecular formula is C29H40ClNO2. The Kier molecular flexibility index (Phi) is 8.75. The summed E-state index contributed by atoms with van der Waals surface area (Å²) in [4.78, 5) is 12.7. The van der Waals surface area contributed by atoms with Crippen molar-refractivity contribution >= 4 is 17.6 Å². The van der Waals surface area contributed by atoms with Gasteiger partial charge in [-0.3, -0.25) is 4.79 Å². The number of nitriles is 1. The lowest BCUT2D eigenvalue weighted by molar-refractivity contribution is -0.140. The fourth-order valence-electron chi connectivity index (χ4n) is 7.14. The lowest BCUT2D eigenvalue weighted by atomic mass is 9.65. The summed E-state index contributed by atoms with van der Waals surface area (Å²) >= 11 is 5.95. The SMILES string of the molecule is CCCC1CCC(C2CCC(C3CCC(C(=O)Oc4ccc(Cl)cc4C#N)CC3)CC2)CC1. The van der Waals surface area contributed by atoms with E-state index in [1.807, 2.05) is 0 Å². The van der Waals surface area contributed by atoms with Gasteiger partial charge in [0.2, 0.25) is 0 Å². The van der Waals surface area contributed by atoms with Crippen LogP contribution in [0.15, 0.2) is 18.2 Å². The van der Waals surface area contributed by atoms with Crippen LogP contribution in [-0.4, -0.2) is 5.97 Å². The first-order chi connectivity index (χ1) is 16.1. The summed E-state index contributed by atoms with van der Waals surface area (Å²) in [6.07, 6.45) is 18.5. The minimum Gasteiger partial charge on any atom is -0.425 e. The van der Waals surface area contributed by atoms with Crippen molar-refractivity contribution in [1.29, 1.82) is 5.26 Å². The number of carbonyl (C=O) groups is 1. The second kappa shape index (κ2) is 11.7. The standard InChI is InChI=1S/C29H40ClNO2/c1-2-3-20-4-6-21(7-5-20)22-8-10-23(11-9-22)24-12-14-25(15-13-24)29(32)33-28-17-16-27(30)18-26(28)19-31/h16-18,20-25H,2-15H2,1H3. The van der Waals surface area contributed by atoms with Crippen LogP contribution >= 0.6 is 11.6 Å². The number of carbonyl (C=O) groups excluding carboxylic acids is 1. The minimum absolute atomic E-state index is 0.0434. The van der Waals surface area contributed by atoms with E-state index in [2.05, 4.69) is 13.0 Å². The first-order valence-electron chi connectivity index (χ1n) is 13.5. The van der Waals surface area contributed by atoms with Crippen LogP contribution < -0.4 is 4.74 Å². The third-order valence-corrected chi connectivity index (χ3v) is 9.35. The predicted molar refractivity (Wildman–Crippen MR) is 133 cm³/mol.